The quantitative estimate of drug-likeness (QED) is 0.356. The fraction of sp³-hybridized carbons (Fsp3) is 0.933. The van der Waals surface area contributed by atoms with Crippen molar-refractivity contribution in [3.63, 3.8) is 0 Å². The Hall–Kier alpha value is -0.740. The van der Waals surface area contributed by atoms with Crippen molar-refractivity contribution >= 4 is 5.97 Å². The maximum atomic E-state index is 11.8. The minimum atomic E-state index is -4.42. The van der Waals surface area contributed by atoms with E-state index < -0.39 is 18.8 Å². The summed E-state index contributed by atoms with van der Waals surface area (Å²) in [5.74, 6) is -0.748. The second-order valence-electron chi connectivity index (χ2n) is 5.21. The normalized spacial score (nSPS) is 11.6. The second kappa shape index (κ2) is 12.0. The Morgan fingerprint density at radius 1 is 0.850 bits per heavy atom. The molecular weight excluding hydrogens is 269 g/mol. The first-order chi connectivity index (χ1) is 9.45. The molecule has 120 valence electrons. The summed E-state index contributed by atoms with van der Waals surface area (Å²) in [6.45, 7) is 0.726. The molecule has 0 aliphatic heterocycles. The van der Waals surface area contributed by atoms with Gasteiger partial charge in [0.15, 0.2) is 6.61 Å². The number of halogens is 3. The van der Waals surface area contributed by atoms with Gasteiger partial charge in [0.05, 0.1) is 0 Å². The van der Waals surface area contributed by atoms with Crippen molar-refractivity contribution in [1.29, 1.82) is 0 Å². The van der Waals surface area contributed by atoms with Crippen LogP contribution in [0.1, 0.15) is 77.6 Å². The van der Waals surface area contributed by atoms with E-state index in [2.05, 4.69) is 11.7 Å². The summed E-state index contributed by atoms with van der Waals surface area (Å²) in [4.78, 5) is 11.0. The van der Waals surface area contributed by atoms with Crippen molar-refractivity contribution in [2.75, 3.05) is 6.61 Å². The number of hydrogen-bond acceptors (Lipinski definition) is 2. The van der Waals surface area contributed by atoms with E-state index in [0.29, 0.717) is 6.42 Å². The first kappa shape index (κ1) is 19.3. The van der Waals surface area contributed by atoms with Gasteiger partial charge in [0.25, 0.3) is 0 Å². The molecule has 0 saturated heterocycles. The molecule has 0 aromatic heterocycles. The maximum absolute atomic E-state index is 11.8. The van der Waals surface area contributed by atoms with Crippen LogP contribution in [0.3, 0.4) is 0 Å². The van der Waals surface area contributed by atoms with E-state index in [1.807, 2.05) is 0 Å². The molecule has 0 rings (SSSR count). The summed E-state index contributed by atoms with van der Waals surface area (Å²) in [5.41, 5.74) is 0. The minimum Gasteiger partial charge on any atom is -0.456 e. The SMILES string of the molecule is CCCCCCCCCCCCC(=O)OCC(F)(F)F. The minimum absolute atomic E-state index is 0.0899. The summed E-state index contributed by atoms with van der Waals surface area (Å²) in [5, 5.41) is 0. The molecule has 0 spiro atoms. The number of esters is 1. The lowest BCUT2D eigenvalue weighted by molar-refractivity contribution is -0.186. The summed E-state index contributed by atoms with van der Waals surface area (Å²) < 4.78 is 39.5. The molecule has 0 aliphatic rings. The lowest BCUT2D eigenvalue weighted by Crippen LogP contribution is -2.20. The summed E-state index contributed by atoms with van der Waals surface area (Å²) >= 11 is 0. The van der Waals surface area contributed by atoms with Crippen molar-refractivity contribution in [2.45, 2.75) is 83.7 Å². The van der Waals surface area contributed by atoms with Gasteiger partial charge in [0.2, 0.25) is 0 Å². The molecule has 0 aromatic carbocycles. The number of rotatable bonds is 12. The van der Waals surface area contributed by atoms with Crippen LogP contribution >= 0.6 is 0 Å². The number of hydrogen-bond donors (Lipinski definition) is 0. The number of alkyl halides is 3. The van der Waals surface area contributed by atoms with Gasteiger partial charge in [0.1, 0.15) is 0 Å². The highest BCUT2D eigenvalue weighted by Gasteiger charge is 2.29. The molecule has 0 amide bonds. The molecule has 20 heavy (non-hydrogen) atoms. The smallest absolute Gasteiger partial charge is 0.422 e. The Kier molecular flexibility index (Phi) is 11.6. The van der Waals surface area contributed by atoms with Gasteiger partial charge in [-0.3, -0.25) is 4.79 Å². The van der Waals surface area contributed by atoms with Crippen LogP contribution in [0.2, 0.25) is 0 Å². The van der Waals surface area contributed by atoms with Crippen molar-refractivity contribution < 1.29 is 22.7 Å². The summed E-state index contributed by atoms with van der Waals surface area (Å²) in [7, 11) is 0. The predicted molar refractivity (Wildman–Crippen MR) is 73.5 cm³/mol. The molecule has 0 aromatic rings. The highest BCUT2D eigenvalue weighted by Crippen LogP contribution is 2.15. The fourth-order valence-corrected chi connectivity index (χ4v) is 1.99. The molecule has 0 heterocycles. The van der Waals surface area contributed by atoms with Crippen LogP contribution in [0.5, 0.6) is 0 Å². The van der Waals surface area contributed by atoms with Crippen LogP contribution in [0, 0.1) is 0 Å². The van der Waals surface area contributed by atoms with E-state index in [9.17, 15) is 18.0 Å². The molecule has 0 unspecified atom stereocenters. The van der Waals surface area contributed by atoms with E-state index >= 15 is 0 Å². The Bertz CT molecular complexity index is 240. The van der Waals surface area contributed by atoms with E-state index in [1.165, 1.54) is 38.5 Å². The van der Waals surface area contributed by atoms with Crippen LogP contribution in [-0.2, 0) is 9.53 Å². The molecule has 0 bridgehead atoms. The highest BCUT2D eigenvalue weighted by atomic mass is 19.4. The number of unbranched alkanes of at least 4 members (excludes halogenated alkanes) is 9. The average molecular weight is 296 g/mol. The van der Waals surface area contributed by atoms with E-state index in [0.717, 1.165) is 19.3 Å². The first-order valence-corrected chi connectivity index (χ1v) is 7.68. The second-order valence-corrected chi connectivity index (χ2v) is 5.21. The molecular formula is C15H27F3O2. The third kappa shape index (κ3) is 15.3. The number of ether oxygens (including phenoxy) is 1. The molecule has 0 fully saturated rings. The average Bonchev–Trinajstić information content (AvgIpc) is 2.38. The van der Waals surface area contributed by atoms with Crippen LogP contribution < -0.4 is 0 Å². The van der Waals surface area contributed by atoms with Gasteiger partial charge in [0, 0.05) is 6.42 Å². The van der Waals surface area contributed by atoms with Crippen molar-refractivity contribution in [3.05, 3.63) is 0 Å². The highest BCUT2D eigenvalue weighted by molar-refractivity contribution is 5.69. The van der Waals surface area contributed by atoms with Crippen LogP contribution in [0.25, 0.3) is 0 Å². The monoisotopic (exact) mass is 296 g/mol. The summed E-state index contributed by atoms with van der Waals surface area (Å²) in [6, 6.07) is 0. The molecule has 0 radical (unpaired) electrons. The summed E-state index contributed by atoms with van der Waals surface area (Å²) in [6.07, 6.45) is 6.98. The molecule has 0 saturated carbocycles. The maximum Gasteiger partial charge on any atom is 0.422 e. The third-order valence-corrected chi connectivity index (χ3v) is 3.13. The molecule has 5 heteroatoms. The third-order valence-electron chi connectivity index (χ3n) is 3.13. The lowest BCUT2D eigenvalue weighted by atomic mass is 10.1. The topological polar surface area (TPSA) is 26.3 Å². The van der Waals surface area contributed by atoms with Gasteiger partial charge < -0.3 is 4.74 Å². The van der Waals surface area contributed by atoms with Gasteiger partial charge in [-0.2, -0.15) is 13.2 Å². The standard InChI is InChI=1S/C15H27F3O2/c1-2-3-4-5-6-7-8-9-10-11-12-14(19)20-13-15(16,17)18/h2-13H2,1H3. The first-order valence-electron chi connectivity index (χ1n) is 7.68. The van der Waals surface area contributed by atoms with E-state index in [4.69, 9.17) is 0 Å². The van der Waals surface area contributed by atoms with Crippen molar-refractivity contribution in [1.82, 2.24) is 0 Å². The van der Waals surface area contributed by atoms with Gasteiger partial charge >= 0.3 is 12.1 Å². The van der Waals surface area contributed by atoms with Gasteiger partial charge in [-0.25, -0.2) is 0 Å². The Morgan fingerprint density at radius 3 is 1.75 bits per heavy atom. The molecule has 0 aliphatic carbocycles. The van der Waals surface area contributed by atoms with Crippen LogP contribution in [0.15, 0.2) is 0 Å². The van der Waals surface area contributed by atoms with E-state index in [-0.39, 0.29) is 6.42 Å². The zero-order valence-electron chi connectivity index (χ0n) is 12.4. The zero-order valence-corrected chi connectivity index (χ0v) is 12.4. The zero-order chi connectivity index (χ0) is 15.3. The largest absolute Gasteiger partial charge is 0.456 e. The van der Waals surface area contributed by atoms with Crippen LogP contribution in [0.4, 0.5) is 13.2 Å². The van der Waals surface area contributed by atoms with Crippen molar-refractivity contribution in [3.8, 4) is 0 Å². The molecule has 0 atom stereocenters. The Balaban J connectivity index is 3.21. The Labute approximate surface area is 120 Å². The number of carbonyl (C=O) groups excluding carboxylic acids is 1. The van der Waals surface area contributed by atoms with Crippen LogP contribution in [-0.4, -0.2) is 18.8 Å². The van der Waals surface area contributed by atoms with E-state index in [1.54, 1.807) is 0 Å². The predicted octanol–water partition coefficient (Wildman–Crippen LogP) is 5.40. The number of carbonyl (C=O) groups is 1. The fourth-order valence-electron chi connectivity index (χ4n) is 1.99. The van der Waals surface area contributed by atoms with Crippen molar-refractivity contribution in [2.24, 2.45) is 0 Å². The van der Waals surface area contributed by atoms with Gasteiger partial charge in [-0.1, -0.05) is 64.7 Å². The molecule has 2 nitrogen and oxygen atoms in total. The lowest BCUT2D eigenvalue weighted by Gasteiger charge is -2.07. The van der Waals surface area contributed by atoms with Gasteiger partial charge in [-0.05, 0) is 6.42 Å². The molecule has 0 N–H and O–H groups in total. The Morgan fingerprint density at radius 2 is 1.30 bits per heavy atom. The van der Waals surface area contributed by atoms with Gasteiger partial charge in [-0.15, -0.1) is 0 Å².